The van der Waals surface area contributed by atoms with Gasteiger partial charge in [0.25, 0.3) is 0 Å². The van der Waals surface area contributed by atoms with Gasteiger partial charge in [0.1, 0.15) is 5.82 Å². The topological polar surface area (TPSA) is 65.5 Å². The number of halogens is 2. The third kappa shape index (κ3) is 8.81. The normalized spacial score (nSPS) is 10.6. The van der Waals surface area contributed by atoms with E-state index in [1.54, 1.807) is 12.1 Å². The number of carbonyl (C=O) groups excluding carboxylic acids is 1. The van der Waals surface area contributed by atoms with Crippen molar-refractivity contribution in [3.8, 4) is 0 Å². The molecule has 0 aliphatic carbocycles. The second-order valence-corrected chi connectivity index (χ2v) is 4.53. The van der Waals surface area contributed by atoms with Gasteiger partial charge in [-0.05, 0) is 31.0 Å². The van der Waals surface area contributed by atoms with E-state index in [0.29, 0.717) is 25.6 Å². The minimum absolute atomic E-state index is 0. The Hall–Kier alpha value is -1.38. The molecule has 0 atom stereocenters. The number of guanidine groups is 1. The molecule has 124 valence electrons. The summed E-state index contributed by atoms with van der Waals surface area (Å²) < 4.78 is 12.8. The number of nitrogens with zero attached hydrogens (tertiary/aromatic N) is 1. The van der Waals surface area contributed by atoms with Crippen LogP contribution in [0, 0.1) is 5.82 Å². The summed E-state index contributed by atoms with van der Waals surface area (Å²) in [5.41, 5.74) is 0.907. The van der Waals surface area contributed by atoms with Gasteiger partial charge in [-0.3, -0.25) is 4.79 Å². The van der Waals surface area contributed by atoms with Crippen molar-refractivity contribution in [3.63, 3.8) is 0 Å². The third-order valence-corrected chi connectivity index (χ3v) is 2.67. The van der Waals surface area contributed by atoms with E-state index >= 15 is 0 Å². The summed E-state index contributed by atoms with van der Waals surface area (Å²) >= 11 is 0. The molecule has 1 aromatic rings. The lowest BCUT2D eigenvalue weighted by atomic mass is 10.2. The summed E-state index contributed by atoms with van der Waals surface area (Å²) in [5, 5.41) is 8.81. The molecule has 0 heterocycles. The Kier molecular flexibility index (Phi) is 11.4. The summed E-state index contributed by atoms with van der Waals surface area (Å²) in [6.07, 6.45) is 0.907. The van der Waals surface area contributed by atoms with Crippen LogP contribution in [0.2, 0.25) is 0 Å². The number of hydrogen-bond donors (Lipinski definition) is 3. The van der Waals surface area contributed by atoms with Crippen molar-refractivity contribution in [3.05, 3.63) is 35.6 Å². The molecular formula is C15H24FIN4O. The smallest absolute Gasteiger partial charge is 0.239 e. The van der Waals surface area contributed by atoms with Gasteiger partial charge in [0.15, 0.2) is 5.96 Å². The van der Waals surface area contributed by atoms with Crippen molar-refractivity contribution in [2.24, 2.45) is 4.99 Å². The Morgan fingerprint density at radius 1 is 1.14 bits per heavy atom. The van der Waals surface area contributed by atoms with Gasteiger partial charge in [-0.1, -0.05) is 19.1 Å². The van der Waals surface area contributed by atoms with Crippen molar-refractivity contribution >= 4 is 35.8 Å². The van der Waals surface area contributed by atoms with Crippen LogP contribution < -0.4 is 16.0 Å². The Balaban J connectivity index is 0.00000441. The molecule has 0 aliphatic rings. The molecular weight excluding hydrogens is 398 g/mol. The zero-order valence-electron chi connectivity index (χ0n) is 13.0. The van der Waals surface area contributed by atoms with Gasteiger partial charge in [-0.2, -0.15) is 0 Å². The van der Waals surface area contributed by atoms with Crippen LogP contribution >= 0.6 is 24.0 Å². The number of benzene rings is 1. The van der Waals surface area contributed by atoms with Crippen LogP contribution in [0.3, 0.4) is 0 Å². The first-order valence-corrected chi connectivity index (χ1v) is 7.19. The molecule has 0 fully saturated rings. The van der Waals surface area contributed by atoms with Gasteiger partial charge in [-0.25, -0.2) is 9.38 Å². The first-order chi connectivity index (χ1) is 10.2. The number of rotatable bonds is 7. The van der Waals surface area contributed by atoms with Crippen LogP contribution in [0.15, 0.2) is 29.3 Å². The van der Waals surface area contributed by atoms with Gasteiger partial charge >= 0.3 is 0 Å². The number of hydrogen-bond acceptors (Lipinski definition) is 2. The van der Waals surface area contributed by atoms with E-state index < -0.39 is 0 Å². The molecule has 0 aliphatic heterocycles. The van der Waals surface area contributed by atoms with Crippen LogP contribution in [0.1, 0.15) is 25.8 Å². The van der Waals surface area contributed by atoms with Crippen LogP contribution in [0.25, 0.3) is 0 Å². The van der Waals surface area contributed by atoms with Crippen molar-refractivity contribution in [1.29, 1.82) is 0 Å². The summed E-state index contributed by atoms with van der Waals surface area (Å²) in [6.45, 7) is 5.92. The highest BCUT2D eigenvalue weighted by Gasteiger charge is 2.02. The van der Waals surface area contributed by atoms with Crippen molar-refractivity contribution in [1.82, 2.24) is 16.0 Å². The van der Waals surface area contributed by atoms with Crippen molar-refractivity contribution in [2.75, 3.05) is 19.6 Å². The van der Waals surface area contributed by atoms with Crippen LogP contribution in [-0.2, 0) is 11.3 Å². The largest absolute Gasteiger partial charge is 0.357 e. The molecule has 0 bridgehead atoms. The monoisotopic (exact) mass is 422 g/mol. The maximum absolute atomic E-state index is 12.8. The number of aliphatic imine (C=N–C) groups is 1. The first kappa shape index (κ1) is 20.6. The molecule has 5 nitrogen and oxygen atoms in total. The molecule has 1 aromatic carbocycles. The van der Waals surface area contributed by atoms with Crippen molar-refractivity contribution in [2.45, 2.75) is 26.8 Å². The van der Waals surface area contributed by atoms with Gasteiger partial charge in [0.2, 0.25) is 5.91 Å². The molecule has 3 N–H and O–H groups in total. The van der Waals surface area contributed by atoms with E-state index in [2.05, 4.69) is 20.9 Å². The van der Waals surface area contributed by atoms with Gasteiger partial charge in [0.05, 0.1) is 13.1 Å². The second-order valence-electron chi connectivity index (χ2n) is 4.53. The molecule has 0 unspecified atom stereocenters. The molecule has 0 radical (unpaired) electrons. The maximum Gasteiger partial charge on any atom is 0.239 e. The molecule has 7 heteroatoms. The summed E-state index contributed by atoms with van der Waals surface area (Å²) in [5.74, 6) is 0.234. The highest BCUT2D eigenvalue weighted by Crippen LogP contribution is 2.03. The minimum Gasteiger partial charge on any atom is -0.357 e. The number of nitrogens with one attached hydrogen (secondary N) is 3. The van der Waals surface area contributed by atoms with E-state index in [4.69, 9.17) is 0 Å². The predicted molar refractivity (Wildman–Crippen MR) is 97.9 cm³/mol. The van der Waals surface area contributed by atoms with Gasteiger partial charge < -0.3 is 16.0 Å². The van der Waals surface area contributed by atoms with E-state index in [-0.39, 0.29) is 42.2 Å². The average molecular weight is 422 g/mol. The second kappa shape index (κ2) is 12.2. The number of carbonyl (C=O) groups is 1. The molecule has 0 spiro atoms. The SMILES string of the molecule is CCCNC(=O)CNC(=NCc1ccc(F)cc1)NCC.I. The lowest BCUT2D eigenvalue weighted by Crippen LogP contribution is -2.43. The molecule has 1 amide bonds. The molecule has 0 aromatic heterocycles. The Morgan fingerprint density at radius 2 is 1.82 bits per heavy atom. The summed E-state index contributed by atoms with van der Waals surface area (Å²) in [6, 6.07) is 6.19. The zero-order valence-corrected chi connectivity index (χ0v) is 15.3. The van der Waals surface area contributed by atoms with Crippen molar-refractivity contribution < 1.29 is 9.18 Å². The van der Waals surface area contributed by atoms with E-state index in [1.807, 2.05) is 13.8 Å². The average Bonchev–Trinajstić information content (AvgIpc) is 2.49. The third-order valence-electron chi connectivity index (χ3n) is 2.67. The van der Waals surface area contributed by atoms with Crippen LogP contribution in [0.4, 0.5) is 4.39 Å². The molecule has 0 saturated carbocycles. The van der Waals surface area contributed by atoms with E-state index in [1.165, 1.54) is 12.1 Å². The Labute approximate surface area is 148 Å². The fourth-order valence-corrected chi connectivity index (χ4v) is 1.59. The summed E-state index contributed by atoms with van der Waals surface area (Å²) in [7, 11) is 0. The first-order valence-electron chi connectivity index (χ1n) is 7.19. The molecule has 22 heavy (non-hydrogen) atoms. The minimum atomic E-state index is -0.264. The van der Waals surface area contributed by atoms with E-state index in [9.17, 15) is 9.18 Å². The predicted octanol–water partition coefficient (Wildman–Crippen LogP) is 2.02. The van der Waals surface area contributed by atoms with E-state index in [0.717, 1.165) is 12.0 Å². The van der Waals surface area contributed by atoms with Crippen LogP contribution in [-0.4, -0.2) is 31.5 Å². The maximum atomic E-state index is 12.8. The Morgan fingerprint density at radius 3 is 2.41 bits per heavy atom. The van der Waals surface area contributed by atoms with Gasteiger partial charge in [-0.15, -0.1) is 24.0 Å². The quantitative estimate of drug-likeness (QED) is 0.358. The lowest BCUT2D eigenvalue weighted by molar-refractivity contribution is -0.120. The Bertz CT molecular complexity index is 465. The highest BCUT2D eigenvalue weighted by atomic mass is 127. The van der Waals surface area contributed by atoms with Crippen LogP contribution in [0.5, 0.6) is 0 Å². The van der Waals surface area contributed by atoms with Gasteiger partial charge in [0, 0.05) is 13.1 Å². The number of amides is 1. The molecule has 1 rings (SSSR count). The lowest BCUT2D eigenvalue weighted by Gasteiger charge is -2.11. The summed E-state index contributed by atoms with van der Waals surface area (Å²) in [4.78, 5) is 15.9. The molecule has 0 saturated heterocycles. The zero-order chi connectivity index (χ0) is 15.5. The standard InChI is InChI=1S/C15H23FN4O.HI/c1-3-9-18-14(21)11-20-15(17-4-2)19-10-12-5-7-13(16)8-6-12;/h5-8H,3-4,9-11H2,1-2H3,(H,18,21)(H2,17,19,20);1H. The fourth-order valence-electron chi connectivity index (χ4n) is 1.59. The highest BCUT2D eigenvalue weighted by molar-refractivity contribution is 14.0. The fraction of sp³-hybridized carbons (Fsp3) is 0.467.